The molecule has 1 aliphatic rings. The number of carbonyl (C=O) groups excluding carboxylic acids is 3. The molecule has 28 heavy (non-hydrogen) atoms. The van der Waals surface area contributed by atoms with E-state index in [2.05, 4.69) is 0 Å². The molecule has 0 radical (unpaired) electrons. The van der Waals surface area contributed by atoms with Gasteiger partial charge in [0.25, 0.3) is 0 Å². The molecule has 1 heterocycles. The van der Waals surface area contributed by atoms with E-state index >= 15 is 0 Å². The quantitative estimate of drug-likeness (QED) is 0.565. The Morgan fingerprint density at radius 1 is 0.714 bits per heavy atom. The van der Waals surface area contributed by atoms with Gasteiger partial charge in [0, 0.05) is 0 Å². The zero-order valence-electron chi connectivity index (χ0n) is 18.5. The van der Waals surface area contributed by atoms with Crippen LogP contribution in [0.5, 0.6) is 0 Å². The van der Waals surface area contributed by atoms with Crippen molar-refractivity contribution in [1.29, 1.82) is 0 Å². The highest BCUT2D eigenvalue weighted by Gasteiger charge is 2.48. The van der Waals surface area contributed by atoms with Crippen molar-refractivity contribution in [3.05, 3.63) is 0 Å². The van der Waals surface area contributed by atoms with Crippen molar-refractivity contribution in [3.63, 3.8) is 0 Å². The molecule has 4 atom stereocenters. The summed E-state index contributed by atoms with van der Waals surface area (Å²) < 4.78 is 22.2. The van der Waals surface area contributed by atoms with E-state index in [-0.39, 0.29) is 6.61 Å². The Hall–Kier alpha value is -1.67. The SMILES string of the molecule is CC(C)(C)C(=O)O[C@H]1[C@H](OC(=O)C(C)(C)C)[C@H](OC(=O)C(C)(C)C)CO[C@@H]1N. The third kappa shape index (κ3) is 6.44. The summed E-state index contributed by atoms with van der Waals surface area (Å²) in [6.07, 6.45) is -4.15. The fourth-order valence-electron chi connectivity index (χ4n) is 2.09. The van der Waals surface area contributed by atoms with Crippen molar-refractivity contribution < 1.29 is 33.3 Å². The minimum Gasteiger partial charge on any atom is -0.455 e. The van der Waals surface area contributed by atoms with Gasteiger partial charge in [0.05, 0.1) is 22.9 Å². The highest BCUT2D eigenvalue weighted by atomic mass is 16.6. The number of ether oxygens (including phenoxy) is 4. The van der Waals surface area contributed by atoms with E-state index in [1.807, 2.05) is 0 Å². The summed E-state index contributed by atoms with van der Waals surface area (Å²) >= 11 is 0. The van der Waals surface area contributed by atoms with Gasteiger partial charge < -0.3 is 24.7 Å². The average Bonchev–Trinajstić information content (AvgIpc) is 2.49. The van der Waals surface area contributed by atoms with Crippen LogP contribution in [-0.4, -0.2) is 49.1 Å². The molecule has 0 aliphatic carbocycles. The maximum absolute atomic E-state index is 12.5. The lowest BCUT2D eigenvalue weighted by atomic mass is 9.95. The molecule has 0 aromatic carbocycles. The predicted molar refractivity (Wildman–Crippen MR) is 102 cm³/mol. The Balaban J connectivity index is 3.18. The molecule has 0 aromatic rings. The van der Waals surface area contributed by atoms with Gasteiger partial charge in [-0.2, -0.15) is 0 Å². The normalized spacial score (nSPS) is 26.4. The highest BCUT2D eigenvalue weighted by Crippen LogP contribution is 2.29. The minimum atomic E-state index is -1.11. The second-order valence-corrected chi connectivity index (χ2v) is 10.2. The first-order chi connectivity index (χ1) is 12.4. The number of hydrogen-bond donors (Lipinski definition) is 1. The van der Waals surface area contributed by atoms with Crippen LogP contribution in [0.15, 0.2) is 0 Å². The van der Waals surface area contributed by atoms with Crippen LogP contribution in [0.3, 0.4) is 0 Å². The van der Waals surface area contributed by atoms with E-state index in [9.17, 15) is 14.4 Å². The van der Waals surface area contributed by atoms with E-state index in [0.29, 0.717) is 0 Å². The minimum absolute atomic E-state index is 0.0748. The molecular formula is C20H35NO7. The first-order valence-corrected chi connectivity index (χ1v) is 9.45. The van der Waals surface area contributed by atoms with E-state index in [1.165, 1.54) is 0 Å². The second kappa shape index (κ2) is 8.37. The summed E-state index contributed by atoms with van der Waals surface area (Å²) in [6, 6.07) is 0. The molecular weight excluding hydrogens is 366 g/mol. The largest absolute Gasteiger partial charge is 0.455 e. The summed E-state index contributed by atoms with van der Waals surface area (Å²) in [5.41, 5.74) is 3.62. The van der Waals surface area contributed by atoms with Gasteiger partial charge in [-0.3, -0.25) is 14.4 Å². The summed E-state index contributed by atoms with van der Waals surface area (Å²) in [7, 11) is 0. The van der Waals surface area contributed by atoms with Crippen LogP contribution in [0.4, 0.5) is 0 Å². The first kappa shape index (κ1) is 24.4. The molecule has 1 saturated heterocycles. The monoisotopic (exact) mass is 401 g/mol. The van der Waals surface area contributed by atoms with Gasteiger partial charge in [-0.15, -0.1) is 0 Å². The third-order valence-corrected chi connectivity index (χ3v) is 4.05. The molecule has 162 valence electrons. The lowest BCUT2D eigenvalue weighted by Gasteiger charge is -2.41. The average molecular weight is 402 g/mol. The summed E-state index contributed by atoms with van der Waals surface area (Å²) in [5.74, 6) is -1.55. The maximum Gasteiger partial charge on any atom is 0.311 e. The Kier molecular flexibility index (Phi) is 7.28. The van der Waals surface area contributed by atoms with Crippen molar-refractivity contribution in [2.45, 2.75) is 86.9 Å². The molecule has 1 rings (SSSR count). The molecule has 8 nitrogen and oxygen atoms in total. The van der Waals surface area contributed by atoms with E-state index in [1.54, 1.807) is 62.3 Å². The van der Waals surface area contributed by atoms with Crippen molar-refractivity contribution in [1.82, 2.24) is 0 Å². The lowest BCUT2D eigenvalue weighted by molar-refractivity contribution is -0.234. The zero-order chi connectivity index (χ0) is 22.1. The molecule has 8 heteroatoms. The second-order valence-electron chi connectivity index (χ2n) is 10.2. The standard InChI is InChI=1S/C20H35NO7/c1-18(2,3)15(22)26-11-10-25-14(21)13(28-17(24)20(7,8)9)12(11)27-16(23)19(4,5)6/h11-14H,10,21H2,1-9H3/t11-,12-,13+,14+/m1/s1. The lowest BCUT2D eigenvalue weighted by Crippen LogP contribution is -2.61. The summed E-state index contributed by atoms with van der Waals surface area (Å²) in [6.45, 7) is 15.2. The van der Waals surface area contributed by atoms with Crippen LogP contribution < -0.4 is 5.73 Å². The Morgan fingerprint density at radius 2 is 1.07 bits per heavy atom. The van der Waals surface area contributed by atoms with Crippen LogP contribution in [0.1, 0.15) is 62.3 Å². The maximum atomic E-state index is 12.5. The Morgan fingerprint density at radius 3 is 1.46 bits per heavy atom. The van der Waals surface area contributed by atoms with Crippen LogP contribution >= 0.6 is 0 Å². The number of carbonyl (C=O) groups is 3. The summed E-state index contributed by atoms with van der Waals surface area (Å²) in [5, 5.41) is 0. The Labute approximate surface area is 167 Å². The highest BCUT2D eigenvalue weighted by molar-refractivity contribution is 5.77. The van der Waals surface area contributed by atoms with Crippen LogP contribution in [0.25, 0.3) is 0 Å². The smallest absolute Gasteiger partial charge is 0.311 e. The number of esters is 3. The van der Waals surface area contributed by atoms with Crippen LogP contribution in [0, 0.1) is 16.2 Å². The van der Waals surface area contributed by atoms with Gasteiger partial charge in [0.1, 0.15) is 6.23 Å². The van der Waals surface area contributed by atoms with Crippen molar-refractivity contribution in [3.8, 4) is 0 Å². The molecule has 1 fully saturated rings. The molecule has 0 bridgehead atoms. The van der Waals surface area contributed by atoms with Crippen molar-refractivity contribution in [2.24, 2.45) is 22.0 Å². The van der Waals surface area contributed by atoms with Gasteiger partial charge in [-0.05, 0) is 62.3 Å². The number of hydrogen-bond acceptors (Lipinski definition) is 8. The van der Waals surface area contributed by atoms with Crippen LogP contribution in [0.2, 0.25) is 0 Å². The fraction of sp³-hybridized carbons (Fsp3) is 0.850. The molecule has 0 spiro atoms. The van der Waals surface area contributed by atoms with E-state index in [0.717, 1.165) is 0 Å². The molecule has 2 N–H and O–H groups in total. The predicted octanol–water partition coefficient (Wildman–Crippen LogP) is 2.18. The first-order valence-electron chi connectivity index (χ1n) is 9.45. The van der Waals surface area contributed by atoms with E-state index in [4.69, 9.17) is 24.7 Å². The van der Waals surface area contributed by atoms with Crippen molar-refractivity contribution in [2.75, 3.05) is 6.61 Å². The molecule has 0 saturated carbocycles. The van der Waals surface area contributed by atoms with Gasteiger partial charge in [0.15, 0.2) is 18.3 Å². The van der Waals surface area contributed by atoms with Gasteiger partial charge >= 0.3 is 17.9 Å². The molecule has 1 aliphatic heterocycles. The Bertz CT molecular complexity index is 595. The van der Waals surface area contributed by atoms with Gasteiger partial charge in [0.2, 0.25) is 0 Å². The number of nitrogens with two attached hydrogens (primary N) is 1. The zero-order valence-corrected chi connectivity index (χ0v) is 18.5. The molecule has 0 unspecified atom stereocenters. The fourth-order valence-corrected chi connectivity index (χ4v) is 2.09. The molecule has 0 amide bonds. The van der Waals surface area contributed by atoms with Crippen molar-refractivity contribution >= 4 is 17.9 Å². The van der Waals surface area contributed by atoms with Crippen LogP contribution in [-0.2, 0) is 33.3 Å². The topological polar surface area (TPSA) is 114 Å². The van der Waals surface area contributed by atoms with Gasteiger partial charge in [-0.25, -0.2) is 0 Å². The van der Waals surface area contributed by atoms with E-state index < -0.39 is 58.7 Å². The summed E-state index contributed by atoms with van der Waals surface area (Å²) in [4.78, 5) is 37.3. The third-order valence-electron chi connectivity index (χ3n) is 4.05. The molecule has 0 aromatic heterocycles. The number of rotatable bonds is 3. The van der Waals surface area contributed by atoms with Gasteiger partial charge in [-0.1, -0.05) is 0 Å².